The molecule has 0 rings (SSSR count). The summed E-state index contributed by atoms with van der Waals surface area (Å²) >= 11 is 0. The van der Waals surface area contributed by atoms with Crippen molar-refractivity contribution in [3.63, 3.8) is 0 Å². The van der Waals surface area contributed by atoms with E-state index in [-0.39, 0.29) is 0 Å². The fourth-order valence-electron chi connectivity index (χ4n) is 1.10. The van der Waals surface area contributed by atoms with Gasteiger partial charge in [-0.05, 0) is 13.8 Å². The molecule has 2 atom stereocenters. The average Bonchev–Trinajstić information content (AvgIpc) is 2.22. The molecule has 0 aromatic rings. The second kappa shape index (κ2) is 5.80. The van der Waals surface area contributed by atoms with Gasteiger partial charge in [0.2, 0.25) is 0 Å². The molecule has 0 saturated carbocycles. The van der Waals surface area contributed by atoms with E-state index in [2.05, 4.69) is 10.2 Å². The number of azo groups is 1. The van der Waals surface area contributed by atoms with Crippen LogP contribution in [0.4, 0.5) is 0 Å². The Bertz CT molecular complexity index is 625. The maximum atomic E-state index is 10.7. The Balaban J connectivity index is 5.45. The maximum Gasteiger partial charge on any atom is 0.268 e. The van der Waals surface area contributed by atoms with Gasteiger partial charge in [0, 0.05) is 0 Å². The third-order valence-electron chi connectivity index (χ3n) is 1.90. The lowest BCUT2D eigenvalue weighted by Gasteiger charge is -2.17. The highest BCUT2D eigenvalue weighted by atomic mass is 32.2. The molecule has 0 aliphatic heterocycles. The summed E-state index contributed by atoms with van der Waals surface area (Å²) in [5, 5.41) is 24.3. The molecular formula is C8H12N4O6S2. The molecule has 0 spiro atoms. The molecule has 12 heteroatoms. The zero-order valence-corrected chi connectivity index (χ0v) is 12.2. The zero-order chi connectivity index (χ0) is 16.2. The molecule has 0 aromatic carbocycles. The van der Waals surface area contributed by atoms with Crippen LogP contribution < -0.4 is 0 Å². The molecule has 2 unspecified atom stereocenters. The molecule has 20 heavy (non-hydrogen) atoms. The van der Waals surface area contributed by atoms with E-state index in [0.29, 0.717) is 0 Å². The zero-order valence-electron chi connectivity index (χ0n) is 10.5. The summed E-state index contributed by atoms with van der Waals surface area (Å²) in [4.78, 5) is 0. The van der Waals surface area contributed by atoms with E-state index in [0.717, 1.165) is 13.8 Å². The van der Waals surface area contributed by atoms with Gasteiger partial charge in [0.1, 0.15) is 11.5 Å². The molecule has 0 bridgehead atoms. The quantitative estimate of drug-likeness (QED) is 0.496. The van der Waals surface area contributed by atoms with Crippen LogP contribution in [0, 0.1) is 22.7 Å². The highest BCUT2D eigenvalue weighted by Crippen LogP contribution is 2.18. The largest absolute Gasteiger partial charge is 0.285 e. The third-order valence-corrected chi connectivity index (χ3v) is 3.75. The number of nitriles is 2. The molecule has 0 aromatic heterocycles. The van der Waals surface area contributed by atoms with Gasteiger partial charge in [-0.25, -0.2) is 0 Å². The van der Waals surface area contributed by atoms with E-state index >= 15 is 0 Å². The Morgan fingerprint density at radius 3 is 1.30 bits per heavy atom. The Morgan fingerprint density at radius 2 is 1.15 bits per heavy atom. The topological polar surface area (TPSA) is 181 Å². The number of hydrogen-bond donors (Lipinski definition) is 2. The lowest BCUT2D eigenvalue weighted by molar-refractivity contribution is 0.451. The SMILES string of the molecule is CC(C#N)(CS(=O)(=O)O)/N=N/C(C)(C#N)CS(=O)(=O)O. The van der Waals surface area contributed by atoms with Crippen molar-refractivity contribution in [1.82, 2.24) is 0 Å². The molecule has 0 aliphatic rings. The summed E-state index contributed by atoms with van der Waals surface area (Å²) in [7, 11) is -9.06. The van der Waals surface area contributed by atoms with Crippen molar-refractivity contribution in [3.05, 3.63) is 0 Å². The van der Waals surface area contributed by atoms with Crippen molar-refractivity contribution in [3.8, 4) is 12.1 Å². The Hall–Kier alpha value is -1.60. The summed E-state index contributed by atoms with van der Waals surface area (Å²) < 4.78 is 60.3. The van der Waals surface area contributed by atoms with Crippen LogP contribution in [0.15, 0.2) is 10.2 Å². The van der Waals surface area contributed by atoms with Crippen molar-refractivity contribution in [2.75, 3.05) is 11.5 Å². The van der Waals surface area contributed by atoms with Crippen LogP contribution in [-0.2, 0) is 20.2 Å². The Kier molecular flexibility index (Phi) is 5.34. The summed E-state index contributed by atoms with van der Waals surface area (Å²) in [6.07, 6.45) is 0. The first-order valence-corrected chi connectivity index (χ1v) is 8.13. The fraction of sp³-hybridized carbons (Fsp3) is 0.750. The van der Waals surface area contributed by atoms with Gasteiger partial charge in [-0.3, -0.25) is 9.11 Å². The fourth-order valence-corrected chi connectivity index (χ4v) is 2.76. The van der Waals surface area contributed by atoms with Gasteiger partial charge in [0.05, 0.1) is 12.1 Å². The Morgan fingerprint density at radius 1 is 0.900 bits per heavy atom. The van der Waals surface area contributed by atoms with Crippen LogP contribution in [0.5, 0.6) is 0 Å². The molecule has 112 valence electrons. The van der Waals surface area contributed by atoms with Crippen LogP contribution >= 0.6 is 0 Å². The summed E-state index contributed by atoms with van der Waals surface area (Å²) in [5.41, 5.74) is -3.99. The standard InChI is InChI=1S/C8H12N4O6S2/c1-7(3-9,5-19(13,14)15)11-12-8(2,4-10)6-20(16,17)18/h5-6H2,1-2H3,(H,13,14,15)(H,16,17,18)/b12-11+. The molecule has 0 heterocycles. The van der Waals surface area contributed by atoms with E-state index in [1.165, 1.54) is 12.1 Å². The van der Waals surface area contributed by atoms with Gasteiger partial charge in [-0.2, -0.15) is 37.6 Å². The molecule has 0 saturated heterocycles. The van der Waals surface area contributed by atoms with E-state index in [1.54, 1.807) is 0 Å². The Labute approximate surface area is 116 Å². The lowest BCUT2D eigenvalue weighted by Crippen LogP contribution is -2.33. The molecule has 0 radical (unpaired) electrons. The molecule has 0 fully saturated rings. The third kappa shape index (κ3) is 7.10. The normalized spacial score (nSPS) is 18.7. The number of nitrogens with zero attached hydrogens (tertiary/aromatic N) is 4. The predicted octanol–water partition coefficient (Wildman–Crippen LogP) is -0.221. The first kappa shape index (κ1) is 18.4. The van der Waals surface area contributed by atoms with Gasteiger partial charge < -0.3 is 0 Å². The first-order valence-electron chi connectivity index (χ1n) is 4.91. The average molecular weight is 324 g/mol. The van der Waals surface area contributed by atoms with Crippen LogP contribution in [-0.4, -0.2) is 48.5 Å². The van der Waals surface area contributed by atoms with Crippen LogP contribution in [0.3, 0.4) is 0 Å². The van der Waals surface area contributed by atoms with Gasteiger partial charge in [0.25, 0.3) is 20.2 Å². The van der Waals surface area contributed by atoms with Gasteiger partial charge in [-0.1, -0.05) is 0 Å². The van der Waals surface area contributed by atoms with Crippen molar-refractivity contribution < 1.29 is 25.9 Å². The molecule has 0 amide bonds. The second-order valence-electron chi connectivity index (χ2n) is 4.42. The maximum absolute atomic E-state index is 10.7. The van der Waals surface area contributed by atoms with Gasteiger partial charge in [0.15, 0.2) is 11.1 Å². The predicted molar refractivity (Wildman–Crippen MR) is 65.7 cm³/mol. The van der Waals surface area contributed by atoms with E-state index < -0.39 is 42.8 Å². The number of rotatable bonds is 6. The molecule has 2 N–H and O–H groups in total. The minimum absolute atomic E-state index is 1.02. The van der Waals surface area contributed by atoms with Crippen molar-refractivity contribution in [1.29, 1.82) is 10.5 Å². The number of hydrogen-bond acceptors (Lipinski definition) is 8. The minimum Gasteiger partial charge on any atom is -0.285 e. The van der Waals surface area contributed by atoms with E-state index in [9.17, 15) is 16.8 Å². The molecular weight excluding hydrogens is 312 g/mol. The summed E-state index contributed by atoms with van der Waals surface area (Å²) in [5.74, 6) is -2.15. The van der Waals surface area contributed by atoms with Crippen molar-refractivity contribution >= 4 is 20.2 Å². The van der Waals surface area contributed by atoms with Crippen LogP contribution in [0.1, 0.15) is 13.8 Å². The van der Waals surface area contributed by atoms with Crippen LogP contribution in [0.2, 0.25) is 0 Å². The monoisotopic (exact) mass is 324 g/mol. The molecule has 0 aliphatic carbocycles. The smallest absolute Gasteiger partial charge is 0.268 e. The molecule has 10 nitrogen and oxygen atoms in total. The van der Waals surface area contributed by atoms with E-state index in [4.69, 9.17) is 19.6 Å². The van der Waals surface area contributed by atoms with E-state index in [1.807, 2.05) is 0 Å². The van der Waals surface area contributed by atoms with Gasteiger partial charge >= 0.3 is 0 Å². The van der Waals surface area contributed by atoms with Crippen molar-refractivity contribution in [2.24, 2.45) is 10.2 Å². The first-order chi connectivity index (χ1) is 8.74. The highest BCUT2D eigenvalue weighted by Gasteiger charge is 2.34. The van der Waals surface area contributed by atoms with Crippen LogP contribution in [0.25, 0.3) is 0 Å². The summed E-state index contributed by atoms with van der Waals surface area (Å²) in [6.45, 7) is 2.05. The van der Waals surface area contributed by atoms with Gasteiger partial charge in [-0.15, -0.1) is 0 Å². The lowest BCUT2D eigenvalue weighted by atomic mass is 10.1. The minimum atomic E-state index is -4.53. The highest BCUT2D eigenvalue weighted by molar-refractivity contribution is 7.86. The summed E-state index contributed by atoms with van der Waals surface area (Å²) in [6, 6.07) is 2.95. The van der Waals surface area contributed by atoms with Crippen molar-refractivity contribution in [2.45, 2.75) is 24.9 Å². The second-order valence-corrected chi connectivity index (χ2v) is 7.33.